The number of hydrogen-bond donors (Lipinski definition) is 0. The molecule has 2 rings (SSSR count). The minimum Gasteiger partial charge on any atom is -0.444 e. The summed E-state index contributed by atoms with van der Waals surface area (Å²) in [6, 6.07) is 0. The second-order valence-corrected chi connectivity index (χ2v) is 17.9. The van der Waals surface area contributed by atoms with Crippen LogP contribution in [0.15, 0.2) is 0 Å². The van der Waals surface area contributed by atoms with E-state index in [9.17, 15) is 33.6 Å². The van der Waals surface area contributed by atoms with Gasteiger partial charge in [-0.3, -0.25) is 19.2 Å². The third kappa shape index (κ3) is 41.8. The van der Waals surface area contributed by atoms with Crippen LogP contribution in [-0.2, 0) is 119 Å². The van der Waals surface area contributed by atoms with E-state index >= 15 is 0 Å². The zero-order valence-corrected chi connectivity index (χ0v) is 47.2. The van der Waals surface area contributed by atoms with Crippen molar-refractivity contribution >= 4 is 41.7 Å². The quantitative estimate of drug-likeness (QED) is 0.0591. The standard InChI is InChI=1S/C51H89N3O26/c1-51(2,3)78-50(61)52(10-14-64-18-22-68-26-30-72-34-38-76-42-40-74-36-32-70-28-24-66-20-16-62-12-8-48(59)79-53-44(55)4-5-45(53)56)11-15-65-19-23-69-27-31-73-35-39-77-43-41-75-37-33-71-29-25-67-21-17-63-13-9-49(60)80-54-46(57)6-7-47(54)58/h4-43H2,1-3H3. The molecule has 29 heteroatoms. The Bertz CT molecular complexity index is 1510. The molecule has 5 amide bonds. The highest BCUT2D eigenvalue weighted by Gasteiger charge is 2.33. The maximum atomic E-state index is 12.8. The fourth-order valence-corrected chi connectivity index (χ4v) is 6.17. The fourth-order valence-electron chi connectivity index (χ4n) is 6.17. The third-order valence-electron chi connectivity index (χ3n) is 10.2. The maximum Gasteiger partial charge on any atom is 0.410 e. The molecule has 80 heavy (non-hydrogen) atoms. The summed E-state index contributed by atoms with van der Waals surface area (Å²) < 4.78 is 93.4. The first-order chi connectivity index (χ1) is 38.9. The van der Waals surface area contributed by atoms with Gasteiger partial charge < -0.3 is 95.1 Å². The highest BCUT2D eigenvalue weighted by Crippen LogP contribution is 2.14. The lowest BCUT2D eigenvalue weighted by Gasteiger charge is -2.27. The molecule has 0 unspecified atom stereocenters. The molecule has 2 saturated heterocycles. The van der Waals surface area contributed by atoms with E-state index in [2.05, 4.69) is 0 Å². The van der Waals surface area contributed by atoms with Crippen LogP contribution in [0.5, 0.6) is 0 Å². The Hall–Kier alpha value is -4.15. The summed E-state index contributed by atoms with van der Waals surface area (Å²) in [5.41, 5.74) is -0.652. The monoisotopic (exact) mass is 1160 g/mol. The van der Waals surface area contributed by atoms with Crippen LogP contribution in [0, 0.1) is 0 Å². The summed E-state index contributed by atoms with van der Waals surface area (Å²) in [6.45, 7) is 17.5. The number of hydrogen-bond acceptors (Lipinski definition) is 26. The topological polar surface area (TPSA) is 305 Å². The van der Waals surface area contributed by atoms with Gasteiger partial charge in [0.05, 0.1) is 224 Å². The second-order valence-electron chi connectivity index (χ2n) is 17.9. The van der Waals surface area contributed by atoms with Crippen molar-refractivity contribution in [3.05, 3.63) is 0 Å². The molecule has 29 nitrogen and oxygen atoms in total. The van der Waals surface area contributed by atoms with Crippen molar-refractivity contribution in [1.82, 2.24) is 15.0 Å². The normalized spacial score (nSPS) is 13.8. The highest BCUT2D eigenvalue weighted by atomic mass is 16.7. The molecule has 2 aliphatic rings. The number of amides is 5. The van der Waals surface area contributed by atoms with Crippen LogP contribution in [0.25, 0.3) is 0 Å². The second kappa shape index (κ2) is 49.5. The Morgan fingerprint density at radius 3 is 0.713 bits per heavy atom. The van der Waals surface area contributed by atoms with Gasteiger partial charge in [0.1, 0.15) is 5.60 Å². The number of carbonyl (C=O) groups excluding carboxylic acids is 7. The largest absolute Gasteiger partial charge is 0.444 e. The number of ether oxygens (including phenoxy) is 17. The molecule has 0 N–H and O–H groups in total. The number of hydroxylamine groups is 4. The van der Waals surface area contributed by atoms with E-state index in [4.69, 9.17) is 90.2 Å². The Labute approximate surface area is 468 Å². The fraction of sp³-hybridized carbons (Fsp3) is 0.863. The van der Waals surface area contributed by atoms with Gasteiger partial charge in [0, 0.05) is 38.8 Å². The first-order valence-corrected chi connectivity index (χ1v) is 27.2. The average molecular weight is 1160 g/mol. The van der Waals surface area contributed by atoms with Gasteiger partial charge in [-0.2, -0.15) is 0 Å². The molecule has 464 valence electrons. The van der Waals surface area contributed by atoms with E-state index in [-0.39, 0.29) is 65.0 Å². The number of rotatable bonds is 56. The smallest absolute Gasteiger partial charge is 0.410 e. The summed E-state index contributed by atoms with van der Waals surface area (Å²) in [6.07, 6.45) is -0.461. The summed E-state index contributed by atoms with van der Waals surface area (Å²) in [5.74, 6) is -3.52. The zero-order valence-electron chi connectivity index (χ0n) is 47.2. The summed E-state index contributed by atoms with van der Waals surface area (Å²) in [7, 11) is 0. The van der Waals surface area contributed by atoms with Gasteiger partial charge in [-0.1, -0.05) is 0 Å². The predicted octanol–water partition coefficient (Wildman–Crippen LogP) is 0.484. The highest BCUT2D eigenvalue weighted by molar-refractivity contribution is 6.02. The molecule has 0 aromatic carbocycles. The Kier molecular flexibility index (Phi) is 44.5. The first kappa shape index (κ1) is 72.0. The van der Waals surface area contributed by atoms with E-state index in [0.29, 0.717) is 208 Å². The first-order valence-electron chi connectivity index (χ1n) is 27.2. The Morgan fingerprint density at radius 1 is 0.325 bits per heavy atom. The van der Waals surface area contributed by atoms with Gasteiger partial charge in [0.25, 0.3) is 23.6 Å². The Balaban J connectivity index is 1.26. The van der Waals surface area contributed by atoms with E-state index in [0.717, 1.165) is 0 Å². The molecule has 0 bridgehead atoms. The van der Waals surface area contributed by atoms with E-state index in [1.165, 1.54) is 0 Å². The van der Waals surface area contributed by atoms with Crippen LogP contribution in [0.2, 0.25) is 0 Å². The van der Waals surface area contributed by atoms with Gasteiger partial charge in [-0.25, -0.2) is 14.4 Å². The molecule has 0 saturated carbocycles. The predicted molar refractivity (Wildman–Crippen MR) is 275 cm³/mol. The molecule has 2 heterocycles. The minimum atomic E-state index is -0.714. The van der Waals surface area contributed by atoms with Crippen molar-refractivity contribution < 1.29 is 124 Å². The lowest BCUT2D eigenvalue weighted by atomic mass is 10.2. The van der Waals surface area contributed by atoms with Crippen molar-refractivity contribution in [3.8, 4) is 0 Å². The Morgan fingerprint density at radius 2 is 0.512 bits per heavy atom. The van der Waals surface area contributed by atoms with Gasteiger partial charge in [-0.05, 0) is 20.8 Å². The molecule has 0 aromatic heterocycles. The van der Waals surface area contributed by atoms with Gasteiger partial charge in [0.15, 0.2) is 0 Å². The molecule has 0 atom stereocenters. The van der Waals surface area contributed by atoms with Crippen molar-refractivity contribution in [2.75, 3.05) is 225 Å². The van der Waals surface area contributed by atoms with Crippen LogP contribution >= 0.6 is 0 Å². The van der Waals surface area contributed by atoms with Crippen LogP contribution in [0.1, 0.15) is 59.3 Å². The van der Waals surface area contributed by atoms with Crippen molar-refractivity contribution in [3.63, 3.8) is 0 Å². The average Bonchev–Trinajstić information content (AvgIpc) is 3.93. The molecule has 2 aliphatic heterocycles. The summed E-state index contributed by atoms with van der Waals surface area (Å²) >= 11 is 0. The van der Waals surface area contributed by atoms with Crippen LogP contribution in [0.4, 0.5) is 4.79 Å². The molecule has 0 aliphatic carbocycles. The number of nitrogens with zero attached hydrogens (tertiary/aromatic N) is 3. The molecule has 0 aromatic rings. The summed E-state index contributed by atoms with van der Waals surface area (Å²) in [4.78, 5) is 93.1. The molecule has 0 radical (unpaired) electrons. The third-order valence-corrected chi connectivity index (χ3v) is 10.2. The van der Waals surface area contributed by atoms with Gasteiger partial charge >= 0.3 is 18.0 Å². The maximum absolute atomic E-state index is 12.8. The molecular formula is C51H89N3O26. The van der Waals surface area contributed by atoms with Crippen LogP contribution < -0.4 is 0 Å². The van der Waals surface area contributed by atoms with Gasteiger partial charge in [-0.15, -0.1) is 10.1 Å². The van der Waals surface area contributed by atoms with E-state index in [1.807, 2.05) is 20.8 Å². The lowest BCUT2D eigenvalue weighted by Crippen LogP contribution is -2.40. The number of carbonyl (C=O) groups is 7. The van der Waals surface area contributed by atoms with Gasteiger partial charge in [0.2, 0.25) is 0 Å². The molecular weight excluding hydrogens is 1070 g/mol. The molecule has 0 spiro atoms. The minimum absolute atomic E-state index is 0.0444. The SMILES string of the molecule is CC(C)(C)OC(=O)N(CCOCCOCCOCCOCCOCCOCCOCCOCCC(=O)ON1C(=O)CCC1=O)CCOCCOCCOCCOCCOCCOCCOCCOCCC(=O)ON1C(=O)CCC1=O. The van der Waals surface area contributed by atoms with Crippen molar-refractivity contribution in [1.29, 1.82) is 0 Å². The summed E-state index contributed by atoms with van der Waals surface area (Å²) in [5, 5.41) is 1.02. The van der Waals surface area contributed by atoms with Crippen LogP contribution in [-0.4, -0.2) is 287 Å². The molecule has 2 fully saturated rings. The van der Waals surface area contributed by atoms with Crippen molar-refractivity contribution in [2.45, 2.75) is 64.9 Å². The van der Waals surface area contributed by atoms with E-state index in [1.54, 1.807) is 4.90 Å². The lowest BCUT2D eigenvalue weighted by molar-refractivity contribution is -0.198. The zero-order chi connectivity index (χ0) is 58.0. The van der Waals surface area contributed by atoms with E-state index < -0.39 is 47.3 Å². The van der Waals surface area contributed by atoms with Crippen LogP contribution in [0.3, 0.4) is 0 Å². The van der Waals surface area contributed by atoms with Crippen molar-refractivity contribution in [2.24, 2.45) is 0 Å². The number of imide groups is 2.